The van der Waals surface area contributed by atoms with Crippen LogP contribution in [0.15, 0.2) is 104 Å². The zero-order valence-electron chi connectivity index (χ0n) is 19.4. The molecule has 0 aliphatic heterocycles. The Hall–Kier alpha value is -4.81. The monoisotopic (exact) mass is 449 g/mol. The zero-order chi connectivity index (χ0) is 23.9. The molecule has 4 aromatic carbocycles. The number of rotatable bonds is 4. The van der Waals surface area contributed by atoms with Gasteiger partial charge in [-0.3, -0.25) is 0 Å². The van der Waals surface area contributed by atoms with Gasteiger partial charge >= 0.3 is 0 Å². The van der Waals surface area contributed by atoms with Crippen molar-refractivity contribution in [2.75, 3.05) is 0 Å². The minimum atomic E-state index is 0.615. The Morgan fingerprint density at radius 2 is 1.23 bits per heavy atom. The molecule has 166 valence electrons. The first-order valence-electron chi connectivity index (χ1n) is 11.7. The van der Waals surface area contributed by atoms with E-state index in [-0.39, 0.29) is 0 Å². The SMILES string of the molecule is C=Cc1c(/C=C\C)n(-c2cc(C#N)cc(-n3c4ccccc4c4ccccc43)c2)c2ccccc12. The summed E-state index contributed by atoms with van der Waals surface area (Å²) in [5, 5.41) is 13.5. The Balaban J connectivity index is 1.73. The molecule has 0 atom stereocenters. The molecule has 2 aromatic heterocycles. The third-order valence-corrected chi connectivity index (χ3v) is 6.61. The van der Waals surface area contributed by atoms with E-state index >= 15 is 0 Å². The highest BCUT2D eigenvalue weighted by Crippen LogP contribution is 2.35. The van der Waals surface area contributed by atoms with Crippen LogP contribution in [0.25, 0.3) is 56.2 Å². The Morgan fingerprint density at radius 1 is 0.714 bits per heavy atom. The quantitative estimate of drug-likeness (QED) is 0.267. The molecule has 0 aliphatic rings. The summed E-state index contributed by atoms with van der Waals surface area (Å²) in [6, 6.07) is 33.7. The Bertz CT molecular complexity index is 1780. The van der Waals surface area contributed by atoms with Crippen LogP contribution >= 0.6 is 0 Å². The number of benzene rings is 4. The van der Waals surface area contributed by atoms with E-state index in [4.69, 9.17) is 0 Å². The lowest BCUT2D eigenvalue weighted by molar-refractivity contribution is 1.08. The lowest BCUT2D eigenvalue weighted by atomic mass is 10.1. The van der Waals surface area contributed by atoms with E-state index in [2.05, 4.69) is 94.6 Å². The van der Waals surface area contributed by atoms with Gasteiger partial charge in [0.1, 0.15) is 0 Å². The summed E-state index contributed by atoms with van der Waals surface area (Å²) in [4.78, 5) is 0. The molecular formula is C32H23N3. The fourth-order valence-corrected chi connectivity index (χ4v) is 5.22. The third kappa shape index (κ3) is 3.12. The van der Waals surface area contributed by atoms with Crippen molar-refractivity contribution in [1.29, 1.82) is 5.26 Å². The smallest absolute Gasteiger partial charge is 0.0993 e. The van der Waals surface area contributed by atoms with Crippen LogP contribution in [0.3, 0.4) is 0 Å². The highest BCUT2D eigenvalue weighted by atomic mass is 15.0. The highest BCUT2D eigenvalue weighted by molar-refractivity contribution is 6.09. The first kappa shape index (κ1) is 20.8. The minimum absolute atomic E-state index is 0.615. The first-order valence-corrected chi connectivity index (χ1v) is 11.7. The summed E-state index contributed by atoms with van der Waals surface area (Å²) in [6.07, 6.45) is 6.06. The number of hydrogen-bond acceptors (Lipinski definition) is 1. The molecule has 0 unspecified atom stereocenters. The summed E-state index contributed by atoms with van der Waals surface area (Å²) in [7, 11) is 0. The zero-order valence-corrected chi connectivity index (χ0v) is 19.4. The van der Waals surface area contributed by atoms with Gasteiger partial charge in [0, 0.05) is 33.1 Å². The minimum Gasteiger partial charge on any atom is -0.309 e. The molecule has 3 heteroatoms. The predicted octanol–water partition coefficient (Wildman–Crippen LogP) is 8.28. The average Bonchev–Trinajstić information content (AvgIpc) is 3.41. The molecule has 0 N–H and O–H groups in total. The van der Waals surface area contributed by atoms with Crippen molar-refractivity contribution in [2.45, 2.75) is 6.92 Å². The van der Waals surface area contributed by atoms with Crippen LogP contribution in [0.2, 0.25) is 0 Å². The predicted molar refractivity (Wildman–Crippen MR) is 147 cm³/mol. The van der Waals surface area contributed by atoms with Gasteiger partial charge in [0.25, 0.3) is 0 Å². The molecule has 6 rings (SSSR count). The summed E-state index contributed by atoms with van der Waals surface area (Å²) >= 11 is 0. The molecule has 0 bridgehead atoms. The van der Waals surface area contributed by atoms with Crippen LogP contribution in [-0.4, -0.2) is 9.13 Å². The van der Waals surface area contributed by atoms with Gasteiger partial charge in [-0.2, -0.15) is 5.26 Å². The molecule has 6 aromatic rings. The summed E-state index contributed by atoms with van der Waals surface area (Å²) < 4.78 is 4.48. The average molecular weight is 450 g/mol. The number of hydrogen-bond donors (Lipinski definition) is 0. The van der Waals surface area contributed by atoms with Crippen LogP contribution in [0.5, 0.6) is 0 Å². The second-order valence-electron chi connectivity index (χ2n) is 8.58. The summed E-state index contributed by atoms with van der Waals surface area (Å²) in [6.45, 7) is 6.11. The molecular weight excluding hydrogens is 426 g/mol. The van der Waals surface area contributed by atoms with Crippen molar-refractivity contribution in [3.63, 3.8) is 0 Å². The molecule has 0 fully saturated rings. The van der Waals surface area contributed by atoms with E-state index in [1.54, 1.807) is 0 Å². The van der Waals surface area contributed by atoms with Gasteiger partial charge in [-0.1, -0.05) is 73.3 Å². The molecule has 0 amide bonds. The molecule has 3 nitrogen and oxygen atoms in total. The summed E-state index contributed by atoms with van der Waals surface area (Å²) in [5.41, 5.74) is 7.97. The normalized spacial score (nSPS) is 11.5. The fraction of sp³-hybridized carbons (Fsp3) is 0.0312. The Morgan fingerprint density at radius 3 is 1.77 bits per heavy atom. The fourth-order valence-electron chi connectivity index (χ4n) is 5.22. The second-order valence-corrected chi connectivity index (χ2v) is 8.58. The second kappa shape index (κ2) is 8.20. The van der Waals surface area contributed by atoms with Crippen LogP contribution in [-0.2, 0) is 0 Å². The molecule has 2 heterocycles. The van der Waals surface area contributed by atoms with Gasteiger partial charge in [-0.05, 0) is 49.4 Å². The van der Waals surface area contributed by atoms with Crippen molar-refractivity contribution in [1.82, 2.24) is 9.13 Å². The molecule has 0 saturated carbocycles. The number of fused-ring (bicyclic) bond motifs is 4. The Kier molecular flexibility index (Phi) is 4.87. The van der Waals surface area contributed by atoms with Crippen LogP contribution in [0.1, 0.15) is 23.7 Å². The highest BCUT2D eigenvalue weighted by Gasteiger charge is 2.17. The van der Waals surface area contributed by atoms with E-state index < -0.39 is 0 Å². The van der Waals surface area contributed by atoms with Gasteiger partial charge in [0.15, 0.2) is 0 Å². The van der Waals surface area contributed by atoms with Crippen molar-refractivity contribution >= 4 is 44.9 Å². The lowest BCUT2D eigenvalue weighted by Crippen LogP contribution is -2.01. The maximum Gasteiger partial charge on any atom is 0.0993 e. The maximum atomic E-state index is 10.00. The molecule has 0 radical (unpaired) electrons. The van der Waals surface area contributed by atoms with E-state index in [1.165, 1.54) is 10.8 Å². The van der Waals surface area contributed by atoms with Crippen molar-refractivity contribution in [3.05, 3.63) is 120 Å². The van der Waals surface area contributed by atoms with Crippen molar-refractivity contribution in [2.24, 2.45) is 0 Å². The molecule has 0 aliphatic carbocycles. The standard InChI is InChI=1S/C32H23N3/c1-3-11-29-25(4-2)26-12-5-8-15-30(26)34(29)23-18-22(21-33)19-24(20-23)35-31-16-9-6-13-27(31)28-14-7-10-17-32(28)35/h3-20H,2H2,1H3/b11-3-. The van der Waals surface area contributed by atoms with Gasteiger partial charge in [-0.15, -0.1) is 0 Å². The summed E-state index contributed by atoms with van der Waals surface area (Å²) in [5.74, 6) is 0. The van der Waals surface area contributed by atoms with Crippen molar-refractivity contribution < 1.29 is 0 Å². The number of nitriles is 1. The number of nitrogens with zero attached hydrogens (tertiary/aromatic N) is 3. The van der Waals surface area contributed by atoms with E-state index in [1.807, 2.05) is 43.3 Å². The van der Waals surface area contributed by atoms with Crippen LogP contribution < -0.4 is 0 Å². The van der Waals surface area contributed by atoms with E-state index in [9.17, 15) is 5.26 Å². The molecule has 0 saturated heterocycles. The number of aromatic nitrogens is 2. The van der Waals surface area contributed by atoms with Crippen molar-refractivity contribution in [3.8, 4) is 17.4 Å². The largest absolute Gasteiger partial charge is 0.309 e. The number of allylic oxidation sites excluding steroid dienone is 1. The van der Waals surface area contributed by atoms with Crippen LogP contribution in [0.4, 0.5) is 0 Å². The topological polar surface area (TPSA) is 33.6 Å². The maximum absolute atomic E-state index is 10.00. The van der Waals surface area contributed by atoms with Gasteiger partial charge in [-0.25, -0.2) is 0 Å². The van der Waals surface area contributed by atoms with Gasteiger partial charge in [0.2, 0.25) is 0 Å². The molecule has 0 spiro atoms. The first-order chi connectivity index (χ1) is 17.2. The Labute approximate surface area is 204 Å². The molecule has 35 heavy (non-hydrogen) atoms. The van der Waals surface area contributed by atoms with Crippen LogP contribution in [0, 0.1) is 11.3 Å². The van der Waals surface area contributed by atoms with E-state index in [0.717, 1.165) is 44.6 Å². The third-order valence-electron chi connectivity index (χ3n) is 6.61. The van der Waals surface area contributed by atoms with Gasteiger partial charge in [0.05, 0.1) is 33.9 Å². The van der Waals surface area contributed by atoms with E-state index in [0.29, 0.717) is 5.56 Å². The number of para-hydroxylation sites is 3. The van der Waals surface area contributed by atoms with Gasteiger partial charge < -0.3 is 9.13 Å². The lowest BCUT2D eigenvalue weighted by Gasteiger charge is -2.14.